The van der Waals surface area contributed by atoms with Crippen molar-refractivity contribution < 1.29 is 24.3 Å². The number of amides is 4. The van der Waals surface area contributed by atoms with Crippen LogP contribution >= 0.6 is 0 Å². The van der Waals surface area contributed by atoms with Crippen LogP contribution in [0.1, 0.15) is 38.3 Å². The molecule has 5 rings (SSSR count). The summed E-state index contributed by atoms with van der Waals surface area (Å²) in [5.74, 6) is -0.931. The van der Waals surface area contributed by atoms with Gasteiger partial charge in [-0.15, -0.1) is 0 Å². The van der Waals surface area contributed by atoms with Crippen molar-refractivity contribution in [3.63, 3.8) is 0 Å². The fraction of sp³-hybridized carbons (Fsp3) is 0.314. The van der Waals surface area contributed by atoms with Gasteiger partial charge in [0.25, 0.3) is 0 Å². The van der Waals surface area contributed by atoms with Crippen molar-refractivity contribution in [2.45, 2.75) is 44.8 Å². The van der Waals surface area contributed by atoms with Crippen LogP contribution in [0.3, 0.4) is 0 Å². The largest absolute Gasteiger partial charge is 0.465 e. The molecule has 1 fully saturated rings. The molecule has 0 aliphatic carbocycles. The predicted octanol–water partition coefficient (Wildman–Crippen LogP) is 5.30. The number of fused-ring (bicyclic) bond motifs is 1. The predicted molar refractivity (Wildman–Crippen MR) is 178 cm³/mol. The maximum atomic E-state index is 13.7. The maximum Gasteiger partial charge on any atom is 0.405 e. The van der Waals surface area contributed by atoms with Gasteiger partial charge in [0.15, 0.2) is 0 Å². The molecule has 1 aromatic heterocycles. The van der Waals surface area contributed by atoms with E-state index in [-0.39, 0.29) is 17.7 Å². The first kappa shape index (κ1) is 32.2. The first-order valence-corrected chi connectivity index (χ1v) is 15.4. The van der Waals surface area contributed by atoms with Crippen LogP contribution in [-0.4, -0.2) is 76.4 Å². The highest BCUT2D eigenvalue weighted by atomic mass is 16.4. The normalized spacial score (nSPS) is 16.0. The SMILES string of the molecule is CC(C)[C@@H](NC(=O)O)C(=O)Nc1ccc(-c2cc3cc(NC(=O)[C@@H]4CCCN4C(=O)[C@@H](c4ccccc4)N(C)C)ccc3[nH]2)cc1. The van der Waals surface area contributed by atoms with E-state index in [9.17, 15) is 19.2 Å². The number of anilines is 2. The number of benzene rings is 3. The number of likely N-dealkylation sites (tertiary alicyclic amines) is 1. The Bertz CT molecular complexity index is 1720. The van der Waals surface area contributed by atoms with Crippen molar-refractivity contribution in [1.29, 1.82) is 0 Å². The third-order valence-corrected chi connectivity index (χ3v) is 8.28. The minimum Gasteiger partial charge on any atom is -0.465 e. The van der Waals surface area contributed by atoms with E-state index < -0.39 is 30.1 Å². The second-order valence-corrected chi connectivity index (χ2v) is 12.2. The summed E-state index contributed by atoms with van der Waals surface area (Å²) >= 11 is 0. The molecule has 0 unspecified atom stereocenters. The highest BCUT2D eigenvalue weighted by molar-refractivity contribution is 6.00. The van der Waals surface area contributed by atoms with Crippen molar-refractivity contribution in [2.75, 3.05) is 31.3 Å². The summed E-state index contributed by atoms with van der Waals surface area (Å²) in [5.41, 5.74) is 4.71. The molecule has 1 aliphatic heterocycles. The molecule has 2 heterocycles. The Morgan fingerprint density at radius 3 is 2.26 bits per heavy atom. The molecule has 240 valence electrons. The van der Waals surface area contributed by atoms with E-state index in [0.29, 0.717) is 24.3 Å². The highest BCUT2D eigenvalue weighted by Crippen LogP contribution is 2.30. The van der Waals surface area contributed by atoms with Crippen LogP contribution in [0.5, 0.6) is 0 Å². The number of likely N-dealkylation sites (N-methyl/N-ethyl adjacent to an activating group) is 1. The van der Waals surface area contributed by atoms with Gasteiger partial charge in [0.1, 0.15) is 18.1 Å². The fourth-order valence-electron chi connectivity index (χ4n) is 5.97. The van der Waals surface area contributed by atoms with E-state index in [1.165, 1.54) is 0 Å². The third kappa shape index (κ3) is 7.21. The van der Waals surface area contributed by atoms with Gasteiger partial charge < -0.3 is 30.9 Å². The van der Waals surface area contributed by atoms with Gasteiger partial charge in [-0.3, -0.25) is 19.3 Å². The first-order chi connectivity index (χ1) is 22.0. The molecule has 0 bridgehead atoms. The van der Waals surface area contributed by atoms with Crippen LogP contribution in [0.25, 0.3) is 22.2 Å². The number of aromatic amines is 1. The molecule has 11 nitrogen and oxygen atoms in total. The molecule has 0 spiro atoms. The van der Waals surface area contributed by atoms with E-state index in [1.54, 1.807) is 30.9 Å². The average molecular weight is 625 g/mol. The minimum atomic E-state index is -1.25. The first-order valence-electron chi connectivity index (χ1n) is 15.4. The Labute approximate surface area is 268 Å². The van der Waals surface area contributed by atoms with Crippen molar-refractivity contribution in [3.8, 4) is 11.3 Å². The number of carboxylic acid groups (broad SMARTS) is 1. The fourth-order valence-corrected chi connectivity index (χ4v) is 5.97. The molecule has 46 heavy (non-hydrogen) atoms. The number of hydrogen-bond acceptors (Lipinski definition) is 5. The van der Waals surface area contributed by atoms with E-state index >= 15 is 0 Å². The molecule has 4 aromatic rings. The van der Waals surface area contributed by atoms with Crippen LogP contribution in [0.2, 0.25) is 0 Å². The Hall–Kier alpha value is -5.16. The number of rotatable bonds is 10. The van der Waals surface area contributed by atoms with Gasteiger partial charge in [-0.2, -0.15) is 0 Å². The molecule has 1 aliphatic rings. The second-order valence-electron chi connectivity index (χ2n) is 12.2. The molecule has 4 amide bonds. The molecule has 3 aromatic carbocycles. The van der Waals surface area contributed by atoms with Gasteiger partial charge >= 0.3 is 6.09 Å². The van der Waals surface area contributed by atoms with Gasteiger partial charge in [-0.05, 0) is 80.4 Å². The van der Waals surface area contributed by atoms with Gasteiger partial charge in [0.05, 0.1) is 0 Å². The molecular formula is C35H40N6O5. The number of nitrogens with zero attached hydrogens (tertiary/aromatic N) is 2. The number of nitrogens with one attached hydrogen (secondary N) is 4. The topological polar surface area (TPSA) is 147 Å². The number of hydrogen-bond donors (Lipinski definition) is 5. The quantitative estimate of drug-likeness (QED) is 0.162. The smallest absolute Gasteiger partial charge is 0.405 e. The highest BCUT2D eigenvalue weighted by Gasteiger charge is 2.38. The zero-order chi connectivity index (χ0) is 33.0. The zero-order valence-electron chi connectivity index (χ0n) is 26.4. The van der Waals surface area contributed by atoms with Gasteiger partial charge in [-0.25, -0.2) is 4.79 Å². The lowest BCUT2D eigenvalue weighted by Gasteiger charge is -2.31. The zero-order valence-corrected chi connectivity index (χ0v) is 26.4. The second kappa shape index (κ2) is 13.9. The van der Waals surface area contributed by atoms with Crippen molar-refractivity contribution in [3.05, 3.63) is 84.4 Å². The summed E-state index contributed by atoms with van der Waals surface area (Å²) in [5, 5.41) is 18.0. The van der Waals surface area contributed by atoms with Crippen LogP contribution in [0.4, 0.5) is 16.2 Å². The van der Waals surface area contributed by atoms with Crippen LogP contribution in [0, 0.1) is 5.92 Å². The van der Waals surface area contributed by atoms with Crippen molar-refractivity contribution >= 4 is 46.1 Å². The Balaban J connectivity index is 1.26. The van der Waals surface area contributed by atoms with Crippen LogP contribution in [0.15, 0.2) is 78.9 Å². The number of carbonyl (C=O) groups excluding carboxylic acids is 3. The monoisotopic (exact) mass is 624 g/mol. The molecular weight excluding hydrogens is 584 g/mol. The summed E-state index contributed by atoms with van der Waals surface area (Å²) in [6, 6.07) is 22.6. The summed E-state index contributed by atoms with van der Waals surface area (Å²) in [7, 11) is 3.75. The summed E-state index contributed by atoms with van der Waals surface area (Å²) in [6.45, 7) is 4.08. The molecule has 5 N–H and O–H groups in total. The lowest BCUT2D eigenvalue weighted by molar-refractivity contribution is -0.140. The molecule has 0 saturated carbocycles. The molecule has 3 atom stereocenters. The molecule has 1 saturated heterocycles. The van der Waals surface area contributed by atoms with Crippen molar-refractivity contribution in [1.82, 2.24) is 20.1 Å². The average Bonchev–Trinajstić information content (AvgIpc) is 3.68. The lowest BCUT2D eigenvalue weighted by atomic mass is 10.0. The summed E-state index contributed by atoms with van der Waals surface area (Å²) in [4.78, 5) is 57.8. The van der Waals surface area contributed by atoms with E-state index in [1.807, 2.05) is 85.7 Å². The van der Waals surface area contributed by atoms with Crippen LogP contribution < -0.4 is 16.0 Å². The molecule has 0 radical (unpaired) electrons. The van der Waals surface area contributed by atoms with E-state index in [2.05, 4.69) is 20.9 Å². The Kier molecular flexibility index (Phi) is 9.72. The summed E-state index contributed by atoms with van der Waals surface area (Å²) in [6.07, 6.45) is 0.116. The number of carbonyl (C=O) groups is 4. The maximum absolute atomic E-state index is 13.7. The van der Waals surface area contributed by atoms with Gasteiger partial charge in [0, 0.05) is 34.5 Å². The third-order valence-electron chi connectivity index (χ3n) is 8.28. The van der Waals surface area contributed by atoms with Gasteiger partial charge in [-0.1, -0.05) is 56.3 Å². The Morgan fingerprint density at radius 2 is 1.61 bits per heavy atom. The number of H-pyrrole nitrogens is 1. The lowest BCUT2D eigenvalue weighted by Crippen LogP contribution is -2.47. The summed E-state index contributed by atoms with van der Waals surface area (Å²) < 4.78 is 0. The van der Waals surface area contributed by atoms with E-state index in [4.69, 9.17) is 5.11 Å². The van der Waals surface area contributed by atoms with Crippen LogP contribution in [-0.2, 0) is 14.4 Å². The standard InChI is InChI=1S/C35H40N6O5/c1-21(2)30(39-35(45)46)33(43)36-25-14-12-22(13-15-25)28-20-24-19-26(16-17-27(24)38-28)37-32(42)29-11-8-18-41(29)34(44)31(40(3)4)23-9-6-5-7-10-23/h5-7,9-10,12-17,19-21,29-31,38-39H,8,11,18H2,1-4H3,(H,36,43)(H,37,42)(H,45,46)/t29-,30+,31+/m0/s1. The van der Waals surface area contributed by atoms with Crippen molar-refractivity contribution in [2.24, 2.45) is 5.92 Å². The Morgan fingerprint density at radius 1 is 0.913 bits per heavy atom. The van der Waals surface area contributed by atoms with E-state index in [0.717, 1.165) is 34.1 Å². The molecule has 11 heteroatoms. The minimum absolute atomic E-state index is 0.0816. The number of aromatic nitrogens is 1. The van der Waals surface area contributed by atoms with Gasteiger partial charge in [0.2, 0.25) is 17.7 Å².